The van der Waals surface area contributed by atoms with E-state index in [1.165, 1.54) is 0 Å². The van der Waals surface area contributed by atoms with Crippen LogP contribution >= 0.6 is 43.5 Å². The number of epoxide rings is 1. The Morgan fingerprint density at radius 1 is 1.41 bits per heavy atom. The van der Waals surface area contributed by atoms with Gasteiger partial charge in [0.05, 0.1) is 16.3 Å². The zero-order valence-corrected chi connectivity index (χ0v) is 13.0. The quantitative estimate of drug-likeness (QED) is 0.584. The summed E-state index contributed by atoms with van der Waals surface area (Å²) in [5, 5.41) is 0.684. The first-order valence-corrected chi connectivity index (χ1v) is 7.37. The number of hydrogen-bond acceptors (Lipinski definition) is 2. The maximum absolute atomic E-state index is 12.1. The molecule has 5 heteroatoms. The highest BCUT2D eigenvalue weighted by Crippen LogP contribution is 2.38. The number of alkyl halides is 2. The average molecular weight is 382 g/mol. The molecule has 0 aromatic heterocycles. The van der Waals surface area contributed by atoms with Gasteiger partial charge in [0.15, 0.2) is 5.78 Å². The van der Waals surface area contributed by atoms with Crippen LogP contribution in [0.1, 0.15) is 17.3 Å². The van der Waals surface area contributed by atoms with E-state index >= 15 is 0 Å². The summed E-state index contributed by atoms with van der Waals surface area (Å²) in [6.45, 7) is 2.32. The first-order chi connectivity index (χ1) is 7.94. The first kappa shape index (κ1) is 13.5. The SMILES string of the molecule is C[C@@]1(C(=O)[C@@H](Br)[C@H](Br)c2ccc(Cl)cc2)CO1. The standard InChI is InChI=1S/C12H11Br2ClO2/c1-12(6-17-12)11(16)10(14)9(13)7-2-4-8(15)5-3-7/h2-5,9-10H,6H2,1H3/t9-,10+,12+/m1/s1. The van der Waals surface area contributed by atoms with E-state index in [1.807, 2.05) is 31.2 Å². The molecule has 92 valence electrons. The molecule has 2 rings (SSSR count). The lowest BCUT2D eigenvalue weighted by Gasteiger charge is -2.18. The van der Waals surface area contributed by atoms with E-state index in [0.29, 0.717) is 11.6 Å². The minimum absolute atomic E-state index is 0.0642. The van der Waals surface area contributed by atoms with E-state index in [-0.39, 0.29) is 15.4 Å². The van der Waals surface area contributed by atoms with E-state index in [9.17, 15) is 4.79 Å². The molecule has 1 aromatic rings. The second-order valence-corrected chi connectivity index (χ2v) is 6.65. The summed E-state index contributed by atoms with van der Waals surface area (Å²) in [7, 11) is 0. The Balaban J connectivity index is 2.11. The monoisotopic (exact) mass is 380 g/mol. The summed E-state index contributed by atoms with van der Waals surface area (Å²) in [5.41, 5.74) is 0.404. The third-order valence-corrected chi connectivity index (χ3v) is 5.76. The van der Waals surface area contributed by atoms with Crippen molar-refractivity contribution in [3.63, 3.8) is 0 Å². The maximum atomic E-state index is 12.1. The molecule has 0 amide bonds. The molecule has 0 radical (unpaired) electrons. The topological polar surface area (TPSA) is 29.6 Å². The van der Waals surface area contributed by atoms with Crippen molar-refractivity contribution in [3.05, 3.63) is 34.9 Å². The van der Waals surface area contributed by atoms with Gasteiger partial charge in [-0.15, -0.1) is 0 Å². The predicted molar refractivity (Wildman–Crippen MR) is 75.2 cm³/mol. The normalized spacial score (nSPS) is 26.4. The van der Waals surface area contributed by atoms with Gasteiger partial charge < -0.3 is 4.74 Å². The molecule has 0 bridgehead atoms. The minimum atomic E-state index is -0.605. The molecule has 0 spiro atoms. The number of rotatable bonds is 4. The van der Waals surface area contributed by atoms with Crippen LogP contribution < -0.4 is 0 Å². The molecule has 1 heterocycles. The molecule has 1 aliphatic heterocycles. The van der Waals surface area contributed by atoms with Crippen LogP contribution in [0.3, 0.4) is 0 Å². The molecule has 0 aliphatic carbocycles. The molecule has 17 heavy (non-hydrogen) atoms. The summed E-state index contributed by atoms with van der Waals surface area (Å²) < 4.78 is 5.16. The van der Waals surface area contributed by atoms with Crippen molar-refractivity contribution in [1.82, 2.24) is 0 Å². The Hall–Kier alpha value is 0.1000. The number of ether oxygens (including phenoxy) is 1. The number of Topliss-reactive ketones (excluding diaryl/α,β-unsaturated/α-hetero) is 1. The van der Waals surface area contributed by atoms with Gasteiger partial charge in [-0.2, -0.15) is 0 Å². The summed E-state index contributed by atoms with van der Waals surface area (Å²) in [6, 6.07) is 7.42. The van der Waals surface area contributed by atoms with Crippen molar-refractivity contribution in [2.24, 2.45) is 0 Å². The van der Waals surface area contributed by atoms with Crippen molar-refractivity contribution in [3.8, 4) is 0 Å². The smallest absolute Gasteiger partial charge is 0.181 e. The highest BCUT2D eigenvalue weighted by Gasteiger charge is 2.50. The van der Waals surface area contributed by atoms with Gasteiger partial charge in [0, 0.05) is 5.02 Å². The fourth-order valence-electron chi connectivity index (χ4n) is 1.49. The van der Waals surface area contributed by atoms with Gasteiger partial charge in [-0.3, -0.25) is 4.79 Å². The Morgan fingerprint density at radius 3 is 2.41 bits per heavy atom. The Morgan fingerprint density at radius 2 is 1.94 bits per heavy atom. The van der Waals surface area contributed by atoms with E-state index in [2.05, 4.69) is 31.9 Å². The zero-order chi connectivity index (χ0) is 12.6. The van der Waals surface area contributed by atoms with Gasteiger partial charge in [0.1, 0.15) is 5.60 Å². The number of hydrogen-bond donors (Lipinski definition) is 0. The number of halogens is 3. The lowest BCUT2D eigenvalue weighted by atomic mass is 10.00. The van der Waals surface area contributed by atoms with Crippen molar-refractivity contribution in [2.45, 2.75) is 22.2 Å². The Labute approximate surface area is 122 Å². The maximum Gasteiger partial charge on any atom is 0.181 e. The Bertz CT molecular complexity index is 429. The van der Waals surface area contributed by atoms with Crippen LogP contribution in [0, 0.1) is 0 Å². The van der Waals surface area contributed by atoms with Crippen molar-refractivity contribution in [1.29, 1.82) is 0 Å². The van der Waals surface area contributed by atoms with Crippen LogP contribution in [0.4, 0.5) is 0 Å². The highest BCUT2D eigenvalue weighted by molar-refractivity contribution is 9.12. The fraction of sp³-hybridized carbons (Fsp3) is 0.417. The molecule has 1 fully saturated rings. The summed E-state index contributed by atoms with van der Waals surface area (Å²) in [5.74, 6) is 0.0642. The average Bonchev–Trinajstić information content (AvgIpc) is 3.07. The summed E-state index contributed by atoms with van der Waals surface area (Å²) >= 11 is 12.8. The van der Waals surface area contributed by atoms with Crippen LogP contribution in [-0.2, 0) is 9.53 Å². The molecule has 1 saturated heterocycles. The van der Waals surface area contributed by atoms with Crippen LogP contribution in [0.5, 0.6) is 0 Å². The molecular weight excluding hydrogens is 371 g/mol. The number of carbonyl (C=O) groups excluding carboxylic acids is 1. The number of carbonyl (C=O) groups is 1. The number of ketones is 1. The molecule has 3 atom stereocenters. The molecular formula is C12H11Br2ClO2. The summed E-state index contributed by atoms with van der Waals surface area (Å²) in [6.07, 6.45) is 0. The molecule has 2 nitrogen and oxygen atoms in total. The van der Waals surface area contributed by atoms with Crippen LogP contribution in [-0.4, -0.2) is 22.8 Å². The van der Waals surface area contributed by atoms with Crippen molar-refractivity contribution < 1.29 is 9.53 Å². The van der Waals surface area contributed by atoms with E-state index in [1.54, 1.807) is 0 Å². The van der Waals surface area contributed by atoms with Gasteiger partial charge >= 0.3 is 0 Å². The van der Waals surface area contributed by atoms with Crippen LogP contribution in [0.25, 0.3) is 0 Å². The molecule has 0 N–H and O–H groups in total. The van der Waals surface area contributed by atoms with Gasteiger partial charge in [-0.25, -0.2) is 0 Å². The van der Waals surface area contributed by atoms with Crippen molar-refractivity contribution in [2.75, 3.05) is 6.61 Å². The molecule has 0 unspecified atom stereocenters. The van der Waals surface area contributed by atoms with E-state index in [4.69, 9.17) is 16.3 Å². The van der Waals surface area contributed by atoms with Gasteiger partial charge in [-0.05, 0) is 24.6 Å². The van der Waals surface area contributed by atoms with Crippen LogP contribution in [0.15, 0.2) is 24.3 Å². The third-order valence-electron chi connectivity index (χ3n) is 2.79. The van der Waals surface area contributed by atoms with Crippen molar-refractivity contribution >= 4 is 49.2 Å². The van der Waals surface area contributed by atoms with E-state index in [0.717, 1.165) is 5.56 Å². The van der Waals surface area contributed by atoms with Gasteiger partial charge in [0.2, 0.25) is 0 Å². The zero-order valence-electron chi connectivity index (χ0n) is 9.12. The Kier molecular flexibility index (Phi) is 3.98. The third kappa shape index (κ3) is 2.92. The molecule has 1 aliphatic rings. The number of benzene rings is 1. The highest BCUT2D eigenvalue weighted by atomic mass is 79.9. The predicted octanol–water partition coefficient (Wildman–Crippen LogP) is 3.90. The molecule has 0 saturated carbocycles. The largest absolute Gasteiger partial charge is 0.362 e. The second kappa shape index (κ2) is 5.00. The minimum Gasteiger partial charge on any atom is -0.362 e. The summed E-state index contributed by atoms with van der Waals surface area (Å²) in [4.78, 5) is 11.7. The van der Waals surface area contributed by atoms with E-state index < -0.39 is 5.60 Å². The molecule has 1 aromatic carbocycles. The first-order valence-electron chi connectivity index (χ1n) is 5.16. The van der Waals surface area contributed by atoms with Gasteiger partial charge in [-0.1, -0.05) is 55.6 Å². The fourth-order valence-corrected chi connectivity index (χ4v) is 2.95. The second-order valence-electron chi connectivity index (χ2n) is 4.24. The lowest BCUT2D eigenvalue weighted by molar-refractivity contribution is -0.122. The van der Waals surface area contributed by atoms with Gasteiger partial charge in [0.25, 0.3) is 0 Å². The lowest BCUT2D eigenvalue weighted by Crippen LogP contribution is -2.31. The van der Waals surface area contributed by atoms with Crippen LogP contribution in [0.2, 0.25) is 5.02 Å².